The summed E-state index contributed by atoms with van der Waals surface area (Å²) in [4.78, 5) is 24.9. The lowest BCUT2D eigenvalue weighted by Crippen LogP contribution is -2.23. The van der Waals surface area contributed by atoms with Crippen LogP contribution in [0.1, 0.15) is 26.3 Å². The summed E-state index contributed by atoms with van der Waals surface area (Å²) < 4.78 is 0. The molecule has 2 N–H and O–H groups in total. The first-order valence-electron chi connectivity index (χ1n) is 8.21. The second-order valence-corrected chi connectivity index (χ2v) is 6.67. The van der Waals surface area contributed by atoms with E-state index in [1.165, 1.54) is 6.07 Å². The van der Waals surface area contributed by atoms with E-state index in [1.807, 2.05) is 30.3 Å². The molecule has 0 heterocycles. The number of hydrogen-bond donors (Lipinski definition) is 2. The lowest BCUT2D eigenvalue weighted by Gasteiger charge is -2.10. The number of para-hydroxylation sites is 1. The molecule has 2 amide bonds. The topological polar surface area (TPSA) is 58.2 Å². The quantitative estimate of drug-likeness (QED) is 0.622. The predicted octanol–water partition coefficient (Wildman–Crippen LogP) is 5.18. The van der Waals surface area contributed by atoms with Gasteiger partial charge >= 0.3 is 0 Å². The molecule has 0 saturated carbocycles. The van der Waals surface area contributed by atoms with Crippen LogP contribution in [0.25, 0.3) is 0 Å². The highest BCUT2D eigenvalue weighted by Gasteiger charge is 2.14. The molecule has 136 valence electrons. The average Bonchev–Trinajstić information content (AvgIpc) is 2.68. The summed E-state index contributed by atoms with van der Waals surface area (Å²) in [5, 5.41) is 6.49. The molecule has 3 aromatic rings. The van der Waals surface area contributed by atoms with Gasteiger partial charge in [-0.3, -0.25) is 9.59 Å². The second-order valence-electron chi connectivity index (χ2n) is 5.82. The Morgan fingerprint density at radius 1 is 0.815 bits per heavy atom. The van der Waals surface area contributed by atoms with Gasteiger partial charge in [-0.25, -0.2) is 0 Å². The van der Waals surface area contributed by atoms with Crippen LogP contribution in [-0.4, -0.2) is 11.8 Å². The average molecular weight is 399 g/mol. The second kappa shape index (κ2) is 8.71. The van der Waals surface area contributed by atoms with E-state index in [4.69, 9.17) is 23.2 Å². The van der Waals surface area contributed by atoms with Gasteiger partial charge in [-0.1, -0.05) is 53.5 Å². The van der Waals surface area contributed by atoms with Crippen molar-refractivity contribution in [2.45, 2.75) is 6.54 Å². The standard InChI is InChI=1S/C21H16Cl2N2O2/c22-16-9-6-14(7-10-16)13-24-20(26)15-8-11-19(23)18(12-15)21(27)25-17-4-2-1-3-5-17/h1-12H,13H2,(H,24,26)(H,25,27). The molecule has 0 unspecified atom stereocenters. The van der Waals surface area contributed by atoms with Crippen LogP contribution in [0, 0.1) is 0 Å². The molecule has 0 saturated heterocycles. The molecule has 0 aromatic heterocycles. The first-order valence-corrected chi connectivity index (χ1v) is 8.97. The maximum atomic E-state index is 12.5. The Bertz CT molecular complexity index is 958. The molecule has 0 aliphatic rings. The predicted molar refractivity (Wildman–Crippen MR) is 108 cm³/mol. The third kappa shape index (κ3) is 5.09. The number of amides is 2. The van der Waals surface area contributed by atoms with E-state index >= 15 is 0 Å². The van der Waals surface area contributed by atoms with Gasteiger partial charge in [0.1, 0.15) is 0 Å². The minimum absolute atomic E-state index is 0.236. The Morgan fingerprint density at radius 2 is 1.52 bits per heavy atom. The number of nitrogens with one attached hydrogen (secondary N) is 2. The van der Waals surface area contributed by atoms with Crippen LogP contribution in [0.5, 0.6) is 0 Å². The van der Waals surface area contributed by atoms with Crippen molar-refractivity contribution in [1.29, 1.82) is 0 Å². The van der Waals surface area contributed by atoms with E-state index in [0.29, 0.717) is 22.8 Å². The molecule has 3 aromatic carbocycles. The third-order valence-corrected chi connectivity index (χ3v) is 4.45. The smallest absolute Gasteiger partial charge is 0.257 e. The van der Waals surface area contributed by atoms with E-state index in [0.717, 1.165) is 5.56 Å². The van der Waals surface area contributed by atoms with Crippen molar-refractivity contribution in [3.63, 3.8) is 0 Å². The summed E-state index contributed by atoms with van der Waals surface area (Å²) in [5.74, 6) is -0.672. The Hall–Kier alpha value is -2.82. The van der Waals surface area contributed by atoms with Gasteiger partial charge in [0.25, 0.3) is 11.8 Å². The minimum Gasteiger partial charge on any atom is -0.348 e. The Morgan fingerprint density at radius 3 is 2.22 bits per heavy atom. The fourth-order valence-corrected chi connectivity index (χ4v) is 2.78. The van der Waals surface area contributed by atoms with E-state index in [1.54, 1.807) is 36.4 Å². The number of benzene rings is 3. The molecular formula is C21H16Cl2N2O2. The van der Waals surface area contributed by atoms with Gasteiger partial charge in [-0.15, -0.1) is 0 Å². The SMILES string of the molecule is O=C(NCc1ccc(Cl)cc1)c1ccc(Cl)c(C(=O)Nc2ccccc2)c1. The van der Waals surface area contributed by atoms with E-state index in [-0.39, 0.29) is 22.4 Å². The molecule has 0 bridgehead atoms. The minimum atomic E-state index is -0.376. The van der Waals surface area contributed by atoms with Gasteiger partial charge in [-0.05, 0) is 48.0 Å². The highest BCUT2D eigenvalue weighted by molar-refractivity contribution is 6.34. The van der Waals surface area contributed by atoms with Crippen LogP contribution in [0.4, 0.5) is 5.69 Å². The van der Waals surface area contributed by atoms with Crippen molar-refractivity contribution in [2.75, 3.05) is 5.32 Å². The molecule has 0 atom stereocenters. The lowest BCUT2D eigenvalue weighted by molar-refractivity contribution is 0.0951. The maximum Gasteiger partial charge on any atom is 0.257 e. The molecule has 0 aliphatic carbocycles. The maximum absolute atomic E-state index is 12.5. The van der Waals surface area contributed by atoms with E-state index in [2.05, 4.69) is 10.6 Å². The van der Waals surface area contributed by atoms with Crippen LogP contribution in [-0.2, 0) is 6.54 Å². The van der Waals surface area contributed by atoms with Crippen LogP contribution in [0.15, 0.2) is 72.8 Å². The van der Waals surface area contributed by atoms with Crippen LogP contribution in [0.3, 0.4) is 0 Å². The summed E-state index contributed by atoms with van der Waals surface area (Å²) in [6.07, 6.45) is 0. The van der Waals surface area contributed by atoms with Gasteiger partial charge in [-0.2, -0.15) is 0 Å². The fraction of sp³-hybridized carbons (Fsp3) is 0.0476. The molecular weight excluding hydrogens is 383 g/mol. The Labute approximate surface area is 167 Å². The van der Waals surface area contributed by atoms with Gasteiger partial charge < -0.3 is 10.6 Å². The molecule has 3 rings (SSSR count). The molecule has 27 heavy (non-hydrogen) atoms. The van der Waals surface area contributed by atoms with Gasteiger partial charge in [0.2, 0.25) is 0 Å². The zero-order chi connectivity index (χ0) is 19.2. The van der Waals surface area contributed by atoms with Crippen molar-refractivity contribution >= 4 is 40.7 Å². The first kappa shape index (κ1) is 19.0. The van der Waals surface area contributed by atoms with Gasteiger partial charge in [0, 0.05) is 22.8 Å². The van der Waals surface area contributed by atoms with Crippen molar-refractivity contribution in [2.24, 2.45) is 0 Å². The zero-order valence-corrected chi connectivity index (χ0v) is 15.7. The number of carbonyl (C=O) groups is 2. The highest BCUT2D eigenvalue weighted by atomic mass is 35.5. The molecule has 4 nitrogen and oxygen atoms in total. The van der Waals surface area contributed by atoms with Crippen molar-refractivity contribution in [1.82, 2.24) is 5.32 Å². The molecule has 6 heteroatoms. The number of halogens is 2. The van der Waals surface area contributed by atoms with Crippen LogP contribution < -0.4 is 10.6 Å². The zero-order valence-electron chi connectivity index (χ0n) is 14.2. The number of carbonyl (C=O) groups excluding carboxylic acids is 2. The van der Waals surface area contributed by atoms with Crippen LogP contribution in [0.2, 0.25) is 10.0 Å². The summed E-state index contributed by atoms with van der Waals surface area (Å²) in [7, 11) is 0. The molecule has 0 spiro atoms. The van der Waals surface area contributed by atoms with Crippen molar-refractivity contribution < 1.29 is 9.59 Å². The normalized spacial score (nSPS) is 10.3. The number of rotatable bonds is 5. The summed E-state index contributed by atoms with van der Waals surface area (Å²) in [6.45, 7) is 0.351. The molecule has 0 fully saturated rings. The molecule has 0 radical (unpaired) electrons. The summed E-state index contributed by atoms with van der Waals surface area (Å²) >= 11 is 12.0. The first-order chi connectivity index (χ1) is 13.0. The lowest BCUT2D eigenvalue weighted by atomic mass is 10.1. The monoisotopic (exact) mass is 398 g/mol. The van der Waals surface area contributed by atoms with Crippen molar-refractivity contribution in [3.05, 3.63) is 99.5 Å². The van der Waals surface area contributed by atoms with E-state index in [9.17, 15) is 9.59 Å². The Balaban J connectivity index is 1.71. The summed E-state index contributed by atoms with van der Waals surface area (Å²) in [5.41, 5.74) is 2.16. The van der Waals surface area contributed by atoms with Crippen molar-refractivity contribution in [3.8, 4) is 0 Å². The largest absolute Gasteiger partial charge is 0.348 e. The number of hydrogen-bond acceptors (Lipinski definition) is 2. The summed E-state index contributed by atoms with van der Waals surface area (Å²) in [6, 6.07) is 20.8. The number of anilines is 1. The highest BCUT2D eigenvalue weighted by Crippen LogP contribution is 2.20. The fourth-order valence-electron chi connectivity index (χ4n) is 2.45. The van der Waals surface area contributed by atoms with Gasteiger partial charge in [0.15, 0.2) is 0 Å². The van der Waals surface area contributed by atoms with Crippen LogP contribution >= 0.6 is 23.2 Å². The molecule has 0 aliphatic heterocycles. The van der Waals surface area contributed by atoms with E-state index < -0.39 is 0 Å². The van der Waals surface area contributed by atoms with Gasteiger partial charge in [0.05, 0.1) is 10.6 Å². The third-order valence-electron chi connectivity index (χ3n) is 3.87. The Kier molecular flexibility index (Phi) is 6.12.